The van der Waals surface area contributed by atoms with Gasteiger partial charge in [-0.15, -0.1) is 0 Å². The van der Waals surface area contributed by atoms with Crippen molar-refractivity contribution >= 4 is 5.91 Å². The molecule has 3 aliphatic heterocycles. The lowest BCUT2D eigenvalue weighted by Crippen LogP contribution is -2.39. The van der Waals surface area contributed by atoms with Gasteiger partial charge in [0.25, 0.3) is 0 Å². The molecule has 4 rings (SSSR count). The van der Waals surface area contributed by atoms with Gasteiger partial charge in [0.15, 0.2) is 0 Å². The van der Waals surface area contributed by atoms with Crippen LogP contribution in [0.5, 0.6) is 0 Å². The van der Waals surface area contributed by atoms with E-state index in [-0.39, 0.29) is 5.91 Å². The number of nitrogens with one attached hydrogen (secondary N) is 2. The van der Waals surface area contributed by atoms with Gasteiger partial charge in [0.2, 0.25) is 5.91 Å². The van der Waals surface area contributed by atoms with Crippen LogP contribution in [-0.2, 0) is 17.9 Å². The number of carbonyl (C=O) groups excluding carboxylic acids is 1. The molecule has 1 aromatic carbocycles. The molecule has 0 radical (unpaired) electrons. The van der Waals surface area contributed by atoms with Crippen molar-refractivity contribution in [2.24, 2.45) is 5.92 Å². The van der Waals surface area contributed by atoms with Crippen LogP contribution in [0, 0.1) is 5.92 Å². The fourth-order valence-corrected chi connectivity index (χ4v) is 5.27. The van der Waals surface area contributed by atoms with Gasteiger partial charge in [0, 0.05) is 31.6 Å². The average Bonchev–Trinajstić information content (AvgIpc) is 2.85. The largest absolute Gasteiger partial charge is 0.352 e. The summed E-state index contributed by atoms with van der Waals surface area (Å²) in [7, 11) is 0. The Hall–Kier alpha value is -1.39. The highest BCUT2D eigenvalue weighted by atomic mass is 16.1. The van der Waals surface area contributed by atoms with Crippen LogP contribution in [0.3, 0.4) is 0 Å². The third-order valence-corrected chi connectivity index (χ3v) is 6.63. The summed E-state index contributed by atoms with van der Waals surface area (Å²) in [4.78, 5) is 15.0. The Morgan fingerprint density at radius 2 is 1.74 bits per heavy atom. The molecule has 2 N–H and O–H groups in total. The van der Waals surface area contributed by atoms with E-state index >= 15 is 0 Å². The zero-order valence-corrected chi connectivity index (χ0v) is 16.6. The predicted molar refractivity (Wildman–Crippen MR) is 109 cm³/mol. The van der Waals surface area contributed by atoms with Gasteiger partial charge in [-0.05, 0) is 68.7 Å². The zero-order valence-electron chi connectivity index (χ0n) is 16.6. The molecular weight excluding hydrogens is 334 g/mol. The summed E-state index contributed by atoms with van der Waals surface area (Å²) in [5.74, 6) is 0.789. The summed E-state index contributed by atoms with van der Waals surface area (Å²) in [6.07, 6.45) is 11.1. The van der Waals surface area contributed by atoms with Crippen LogP contribution in [0.4, 0.5) is 0 Å². The maximum atomic E-state index is 12.4. The van der Waals surface area contributed by atoms with Crippen molar-refractivity contribution in [3.8, 4) is 0 Å². The Morgan fingerprint density at radius 1 is 1.04 bits per heavy atom. The van der Waals surface area contributed by atoms with E-state index in [1.54, 1.807) is 0 Å². The Kier molecular flexibility index (Phi) is 6.46. The van der Waals surface area contributed by atoms with Gasteiger partial charge in [-0.2, -0.15) is 0 Å². The maximum Gasteiger partial charge on any atom is 0.220 e. The lowest BCUT2D eigenvalue weighted by Gasteiger charge is -2.28. The minimum Gasteiger partial charge on any atom is -0.352 e. The topological polar surface area (TPSA) is 44.4 Å². The highest BCUT2D eigenvalue weighted by molar-refractivity contribution is 5.76. The van der Waals surface area contributed by atoms with Crippen molar-refractivity contribution in [2.75, 3.05) is 13.1 Å². The molecule has 4 nitrogen and oxygen atoms in total. The Labute approximate surface area is 164 Å². The molecule has 2 bridgehead atoms. The van der Waals surface area contributed by atoms with Crippen molar-refractivity contribution in [1.29, 1.82) is 0 Å². The molecule has 0 aromatic heterocycles. The Balaban J connectivity index is 1.23. The Morgan fingerprint density at radius 3 is 2.48 bits per heavy atom. The molecule has 2 unspecified atom stereocenters. The van der Waals surface area contributed by atoms with Crippen molar-refractivity contribution in [3.05, 3.63) is 35.4 Å². The first-order chi connectivity index (χ1) is 13.2. The first-order valence-corrected chi connectivity index (χ1v) is 11.1. The standard InChI is InChI=1S/C23H35N3O/c27-23(15-20-13-21-8-9-22(14-20)25-21)24-16-18-6-5-7-19(12-18)17-26-10-3-1-2-4-11-26/h5-7,12,20-22,25H,1-4,8-11,13-17H2,(H,24,27). The van der Waals surface area contributed by atoms with Gasteiger partial charge in [-0.3, -0.25) is 9.69 Å². The second-order valence-corrected chi connectivity index (χ2v) is 8.97. The van der Waals surface area contributed by atoms with Crippen LogP contribution in [0.25, 0.3) is 0 Å². The lowest BCUT2D eigenvalue weighted by molar-refractivity contribution is -0.122. The summed E-state index contributed by atoms with van der Waals surface area (Å²) >= 11 is 0. The van der Waals surface area contributed by atoms with Crippen molar-refractivity contribution in [3.63, 3.8) is 0 Å². The zero-order chi connectivity index (χ0) is 18.5. The van der Waals surface area contributed by atoms with Crippen LogP contribution in [0.1, 0.15) is 68.9 Å². The molecular formula is C23H35N3O. The van der Waals surface area contributed by atoms with Crippen LogP contribution < -0.4 is 10.6 Å². The van der Waals surface area contributed by atoms with Crippen LogP contribution >= 0.6 is 0 Å². The molecule has 1 aromatic rings. The third-order valence-electron chi connectivity index (χ3n) is 6.63. The second-order valence-electron chi connectivity index (χ2n) is 8.97. The van der Waals surface area contributed by atoms with E-state index in [0.717, 1.165) is 6.54 Å². The number of fused-ring (bicyclic) bond motifs is 2. The monoisotopic (exact) mass is 369 g/mol. The number of piperidine rings is 1. The minimum atomic E-state index is 0.222. The molecule has 148 valence electrons. The number of nitrogens with zero attached hydrogens (tertiary/aromatic N) is 1. The van der Waals surface area contributed by atoms with Gasteiger partial charge in [-0.1, -0.05) is 37.1 Å². The number of likely N-dealkylation sites (tertiary alicyclic amines) is 1. The summed E-state index contributed by atoms with van der Waals surface area (Å²) < 4.78 is 0. The summed E-state index contributed by atoms with van der Waals surface area (Å²) in [5, 5.41) is 6.82. The summed E-state index contributed by atoms with van der Waals surface area (Å²) in [5.41, 5.74) is 2.60. The van der Waals surface area contributed by atoms with Gasteiger partial charge in [0.1, 0.15) is 0 Å². The predicted octanol–water partition coefficient (Wildman–Crippen LogP) is 3.60. The third kappa shape index (κ3) is 5.55. The minimum absolute atomic E-state index is 0.222. The normalized spacial score (nSPS) is 28.7. The van der Waals surface area contributed by atoms with Crippen molar-refractivity contribution in [1.82, 2.24) is 15.5 Å². The van der Waals surface area contributed by atoms with E-state index in [4.69, 9.17) is 0 Å². The lowest BCUT2D eigenvalue weighted by atomic mass is 9.89. The molecule has 1 amide bonds. The quantitative estimate of drug-likeness (QED) is 0.805. The van der Waals surface area contributed by atoms with Crippen LogP contribution in [0.2, 0.25) is 0 Å². The van der Waals surface area contributed by atoms with Gasteiger partial charge in [-0.25, -0.2) is 0 Å². The number of hydrogen-bond acceptors (Lipinski definition) is 3. The number of benzene rings is 1. The summed E-state index contributed by atoms with van der Waals surface area (Å²) in [6, 6.07) is 10.1. The molecule has 3 saturated heterocycles. The second kappa shape index (κ2) is 9.20. The molecule has 3 heterocycles. The molecule has 2 atom stereocenters. The average molecular weight is 370 g/mol. The number of carbonyl (C=O) groups is 1. The molecule has 27 heavy (non-hydrogen) atoms. The smallest absolute Gasteiger partial charge is 0.220 e. The first-order valence-electron chi connectivity index (χ1n) is 11.1. The molecule has 0 spiro atoms. The summed E-state index contributed by atoms with van der Waals surface area (Å²) in [6.45, 7) is 4.14. The first kappa shape index (κ1) is 18.9. The highest BCUT2D eigenvalue weighted by Gasteiger charge is 2.34. The molecule has 3 aliphatic rings. The van der Waals surface area contributed by atoms with E-state index in [1.165, 1.54) is 75.6 Å². The van der Waals surface area contributed by atoms with Crippen molar-refractivity contribution in [2.45, 2.75) is 83.0 Å². The molecule has 3 fully saturated rings. The number of amides is 1. The molecule has 0 saturated carbocycles. The van der Waals surface area contributed by atoms with E-state index < -0.39 is 0 Å². The SMILES string of the molecule is O=C(CC1CC2CCC(C1)N2)NCc1cccc(CN2CCCCCC2)c1. The maximum absolute atomic E-state index is 12.4. The number of hydrogen-bond donors (Lipinski definition) is 2. The van der Waals surface area contributed by atoms with E-state index in [1.807, 2.05) is 0 Å². The van der Waals surface area contributed by atoms with Gasteiger partial charge in [0.05, 0.1) is 0 Å². The fourth-order valence-electron chi connectivity index (χ4n) is 5.27. The van der Waals surface area contributed by atoms with Crippen LogP contribution in [-0.4, -0.2) is 36.0 Å². The molecule has 4 heteroatoms. The molecule has 0 aliphatic carbocycles. The van der Waals surface area contributed by atoms with E-state index in [2.05, 4.69) is 39.8 Å². The highest BCUT2D eigenvalue weighted by Crippen LogP contribution is 2.32. The fraction of sp³-hybridized carbons (Fsp3) is 0.696. The van der Waals surface area contributed by atoms with E-state index in [9.17, 15) is 4.79 Å². The van der Waals surface area contributed by atoms with Gasteiger partial charge >= 0.3 is 0 Å². The number of rotatable bonds is 6. The van der Waals surface area contributed by atoms with E-state index in [0.29, 0.717) is 31.0 Å². The Bertz CT molecular complexity index is 612. The van der Waals surface area contributed by atoms with Crippen molar-refractivity contribution < 1.29 is 4.79 Å². The van der Waals surface area contributed by atoms with Gasteiger partial charge < -0.3 is 10.6 Å². The van der Waals surface area contributed by atoms with Crippen LogP contribution in [0.15, 0.2) is 24.3 Å².